The largest absolute Gasteiger partial charge is 0.480 e. The van der Waals surface area contributed by atoms with E-state index < -0.39 is 48.5 Å². The number of carboxylic acid groups (broad SMARTS) is 4. The Morgan fingerprint density at radius 2 is 1.00 bits per heavy atom. The number of nitrogens with two attached hydrogens (primary N) is 5. The highest BCUT2D eigenvalue weighted by Gasteiger charge is 2.13. The molecule has 0 aliphatic rings. The monoisotopic (exact) mass is 387 g/mol. The molecule has 0 unspecified atom stereocenters. The van der Waals surface area contributed by atoms with Crippen LogP contribution in [-0.2, 0) is 24.0 Å². The molecule has 1 amide bonds. The highest BCUT2D eigenvalue weighted by Crippen LogP contribution is 1.84. The van der Waals surface area contributed by atoms with Gasteiger partial charge in [-0.25, -0.2) is 0 Å². The quantitative estimate of drug-likeness (QED) is 0.195. The lowest BCUT2D eigenvalue weighted by molar-refractivity contribution is -0.140. The second-order valence-corrected chi connectivity index (χ2v) is 3.94. The predicted octanol–water partition coefficient (Wildman–Crippen LogP) is -5.28. The summed E-state index contributed by atoms with van der Waals surface area (Å²) in [6.45, 7) is -1.06. The van der Waals surface area contributed by atoms with E-state index in [1.54, 1.807) is 0 Å². The molecular formula is C11H25N5O10. The first kappa shape index (κ1) is 31.0. The van der Waals surface area contributed by atoms with Crippen LogP contribution in [0, 0.1) is 0 Å². The van der Waals surface area contributed by atoms with Gasteiger partial charge >= 0.3 is 23.9 Å². The Balaban J connectivity index is -0.000000128. The van der Waals surface area contributed by atoms with Crippen molar-refractivity contribution < 1.29 is 49.5 Å². The fourth-order valence-corrected chi connectivity index (χ4v) is 0.382. The maximum atomic E-state index is 9.99. The average Bonchev–Trinajstić information content (AvgIpc) is 2.54. The van der Waals surface area contributed by atoms with E-state index in [0.29, 0.717) is 0 Å². The molecule has 2 atom stereocenters. The summed E-state index contributed by atoms with van der Waals surface area (Å²) < 4.78 is 0. The zero-order valence-corrected chi connectivity index (χ0v) is 13.6. The van der Waals surface area contributed by atoms with Crippen LogP contribution in [0.2, 0.25) is 0 Å². The Labute approximate surface area is 147 Å². The molecule has 154 valence electrons. The van der Waals surface area contributed by atoms with E-state index in [4.69, 9.17) is 37.0 Å². The molecule has 0 radical (unpaired) electrons. The van der Waals surface area contributed by atoms with Crippen LogP contribution in [0.15, 0.2) is 0 Å². The van der Waals surface area contributed by atoms with E-state index in [0.717, 1.165) is 0 Å². The van der Waals surface area contributed by atoms with Gasteiger partial charge in [0.05, 0.1) is 26.1 Å². The molecule has 0 aliphatic carbocycles. The van der Waals surface area contributed by atoms with Crippen molar-refractivity contribution in [3.05, 3.63) is 0 Å². The van der Waals surface area contributed by atoms with Gasteiger partial charge in [-0.1, -0.05) is 0 Å². The molecule has 0 spiro atoms. The van der Waals surface area contributed by atoms with Crippen molar-refractivity contribution in [1.82, 2.24) is 0 Å². The lowest BCUT2D eigenvalue weighted by Gasteiger charge is -1.99. The molecule has 0 saturated heterocycles. The van der Waals surface area contributed by atoms with Gasteiger partial charge in [-0.15, -0.1) is 0 Å². The summed E-state index contributed by atoms with van der Waals surface area (Å²) in [6, 6.07) is -2.29. The van der Waals surface area contributed by atoms with Gasteiger partial charge in [0.25, 0.3) is 0 Å². The average molecular weight is 387 g/mol. The number of aliphatic carboxylic acids is 4. The Hall–Kier alpha value is -2.85. The first-order valence-electron chi connectivity index (χ1n) is 6.46. The molecule has 15 N–H and O–H groups in total. The van der Waals surface area contributed by atoms with Crippen LogP contribution in [0.5, 0.6) is 0 Å². The topological polar surface area (TPSA) is 317 Å². The number of carbonyl (C=O) groups excluding carboxylic acids is 1. The third kappa shape index (κ3) is 37.4. The third-order valence-electron chi connectivity index (χ3n) is 1.60. The van der Waals surface area contributed by atoms with Gasteiger partial charge in [-0.05, 0) is 0 Å². The number of carboxylic acids is 4. The van der Waals surface area contributed by atoms with Crippen LogP contribution >= 0.6 is 0 Å². The summed E-state index contributed by atoms with van der Waals surface area (Å²) in [6.07, 6.45) is -0.310. The molecule has 0 rings (SSSR count). The second-order valence-electron chi connectivity index (χ2n) is 3.94. The maximum absolute atomic E-state index is 9.99. The van der Waals surface area contributed by atoms with Crippen LogP contribution in [0.25, 0.3) is 0 Å². The van der Waals surface area contributed by atoms with E-state index in [9.17, 15) is 24.0 Å². The molecule has 15 heteroatoms. The fourth-order valence-electron chi connectivity index (χ4n) is 0.382. The van der Waals surface area contributed by atoms with Gasteiger partial charge in [-0.2, -0.15) is 0 Å². The van der Waals surface area contributed by atoms with Crippen molar-refractivity contribution in [1.29, 1.82) is 0 Å². The molecular weight excluding hydrogens is 362 g/mol. The highest BCUT2D eigenvalue weighted by molar-refractivity contribution is 5.83. The minimum atomic E-state index is -1.21. The van der Waals surface area contributed by atoms with Gasteiger partial charge in [0, 0.05) is 0 Å². The molecule has 0 aromatic rings. The smallest absolute Gasteiger partial charge is 0.322 e. The van der Waals surface area contributed by atoms with E-state index in [1.165, 1.54) is 0 Å². The maximum Gasteiger partial charge on any atom is 0.322 e. The number of aliphatic hydroxyl groups excluding tert-OH is 1. The number of primary amides is 1. The molecule has 0 fully saturated rings. The summed E-state index contributed by atoms with van der Waals surface area (Å²) in [5, 5.41) is 39.2. The summed E-state index contributed by atoms with van der Waals surface area (Å²) >= 11 is 0. The lowest BCUT2D eigenvalue weighted by Crippen LogP contribution is -2.34. The number of hydrogen-bond donors (Lipinski definition) is 10. The normalized spacial score (nSPS) is 10.8. The standard InChI is InChI=1S/C4H8N2O3.C3H7NO3.2C2H5NO2/c5-2(4(8)9)1-3(6)7;4-2(1-5)3(6)7;2*3-1-2(4)5/h2H,1,5H2,(H2,6,7)(H,8,9);2,5H,1,4H2,(H,6,7);2*1,3H2,(H,4,5)/t2*2-;;/m00../s1. The third-order valence-corrected chi connectivity index (χ3v) is 1.60. The molecule has 0 aromatic carbocycles. The molecule has 0 bridgehead atoms. The zero-order valence-electron chi connectivity index (χ0n) is 13.6. The van der Waals surface area contributed by atoms with Crippen molar-refractivity contribution in [2.75, 3.05) is 19.7 Å². The van der Waals surface area contributed by atoms with E-state index in [1.807, 2.05) is 0 Å². The summed E-state index contributed by atoms with van der Waals surface area (Å²) in [7, 11) is 0. The Morgan fingerprint density at radius 1 is 0.731 bits per heavy atom. The SMILES string of the molecule is NC(=O)C[C@H](N)C(=O)O.NCC(=O)O.NCC(=O)O.N[C@@H](CO)C(=O)O. The highest BCUT2D eigenvalue weighted by atomic mass is 16.4. The van der Waals surface area contributed by atoms with Crippen molar-refractivity contribution in [2.24, 2.45) is 28.7 Å². The molecule has 26 heavy (non-hydrogen) atoms. The van der Waals surface area contributed by atoms with Crippen molar-refractivity contribution in [3.8, 4) is 0 Å². The molecule has 0 aromatic heterocycles. The first-order valence-corrected chi connectivity index (χ1v) is 6.46. The predicted molar refractivity (Wildman–Crippen MR) is 85.5 cm³/mol. The van der Waals surface area contributed by atoms with Crippen molar-refractivity contribution >= 4 is 29.8 Å². The fraction of sp³-hybridized carbons (Fsp3) is 0.545. The molecule has 0 aliphatic heterocycles. The van der Waals surface area contributed by atoms with Crippen molar-refractivity contribution in [3.63, 3.8) is 0 Å². The molecule has 0 heterocycles. The number of amides is 1. The van der Waals surface area contributed by atoms with E-state index >= 15 is 0 Å². The number of aliphatic hydroxyl groups is 1. The van der Waals surface area contributed by atoms with Crippen LogP contribution in [0.1, 0.15) is 6.42 Å². The van der Waals surface area contributed by atoms with Crippen LogP contribution in [-0.4, -0.2) is 87.1 Å². The molecule has 0 saturated carbocycles. The summed E-state index contributed by atoms with van der Waals surface area (Å²) in [5.74, 6) is -5.03. The van der Waals surface area contributed by atoms with Crippen LogP contribution in [0.4, 0.5) is 0 Å². The Bertz CT molecular complexity index is 431. The van der Waals surface area contributed by atoms with Gasteiger partial charge in [0.2, 0.25) is 5.91 Å². The summed E-state index contributed by atoms with van der Waals surface area (Å²) in [5.41, 5.74) is 23.5. The zero-order chi connectivity index (χ0) is 21.9. The van der Waals surface area contributed by atoms with Gasteiger partial charge < -0.3 is 54.2 Å². The van der Waals surface area contributed by atoms with Gasteiger partial charge in [-0.3, -0.25) is 24.0 Å². The Kier molecular flexibility index (Phi) is 24.1. The van der Waals surface area contributed by atoms with Crippen LogP contribution < -0.4 is 28.7 Å². The minimum Gasteiger partial charge on any atom is -0.480 e. The summed E-state index contributed by atoms with van der Waals surface area (Å²) in [4.78, 5) is 48.0. The number of carbonyl (C=O) groups is 5. The van der Waals surface area contributed by atoms with Gasteiger partial charge in [0.15, 0.2) is 0 Å². The number of rotatable bonds is 7. The Morgan fingerprint density at radius 3 is 1.04 bits per heavy atom. The lowest BCUT2D eigenvalue weighted by atomic mass is 10.2. The van der Waals surface area contributed by atoms with Crippen molar-refractivity contribution in [2.45, 2.75) is 18.5 Å². The van der Waals surface area contributed by atoms with Crippen LogP contribution in [0.3, 0.4) is 0 Å². The minimum absolute atomic E-state index is 0.278. The number of hydrogen-bond acceptors (Lipinski definition) is 10. The second kappa shape index (κ2) is 20.2. The molecule has 15 nitrogen and oxygen atoms in total. The van der Waals surface area contributed by atoms with E-state index in [-0.39, 0.29) is 19.5 Å². The first-order chi connectivity index (χ1) is 11.8. The van der Waals surface area contributed by atoms with Gasteiger partial charge in [0.1, 0.15) is 12.1 Å². The van der Waals surface area contributed by atoms with E-state index in [2.05, 4.69) is 17.2 Å².